The first-order valence-electron chi connectivity index (χ1n) is 6.44. The van der Waals surface area contributed by atoms with Crippen LogP contribution in [0.2, 0.25) is 0 Å². The van der Waals surface area contributed by atoms with E-state index in [2.05, 4.69) is 10.3 Å². The highest BCUT2D eigenvalue weighted by molar-refractivity contribution is 7.09. The van der Waals surface area contributed by atoms with Crippen LogP contribution in [-0.2, 0) is 6.54 Å². The highest BCUT2D eigenvalue weighted by atomic mass is 32.1. The number of nitrogens with zero attached hydrogens (tertiary/aromatic N) is 1. The molecule has 0 aliphatic heterocycles. The number of carboxylic acids is 1. The SMILES string of the molecule is Cc1oc(CNC(=O)c2csc(C(C)C)n2)cc1C(=O)O. The smallest absolute Gasteiger partial charge is 0.339 e. The third kappa shape index (κ3) is 3.49. The third-order valence-electron chi connectivity index (χ3n) is 2.87. The summed E-state index contributed by atoms with van der Waals surface area (Å²) in [5.41, 5.74) is 0.473. The summed E-state index contributed by atoms with van der Waals surface area (Å²) in [6.45, 7) is 5.73. The Balaban J connectivity index is 2.00. The van der Waals surface area contributed by atoms with E-state index < -0.39 is 5.97 Å². The van der Waals surface area contributed by atoms with Gasteiger partial charge in [0.2, 0.25) is 0 Å². The Morgan fingerprint density at radius 1 is 1.48 bits per heavy atom. The van der Waals surface area contributed by atoms with Gasteiger partial charge in [-0.15, -0.1) is 11.3 Å². The van der Waals surface area contributed by atoms with Gasteiger partial charge in [0.15, 0.2) is 0 Å². The zero-order valence-corrected chi connectivity index (χ0v) is 12.8. The van der Waals surface area contributed by atoms with Crippen LogP contribution in [0.25, 0.3) is 0 Å². The van der Waals surface area contributed by atoms with E-state index in [9.17, 15) is 9.59 Å². The normalized spacial score (nSPS) is 10.9. The summed E-state index contributed by atoms with van der Waals surface area (Å²) < 4.78 is 5.29. The van der Waals surface area contributed by atoms with Gasteiger partial charge in [-0.2, -0.15) is 0 Å². The highest BCUT2D eigenvalue weighted by Gasteiger charge is 2.16. The molecule has 2 aromatic rings. The number of thiazole rings is 1. The molecule has 0 bridgehead atoms. The first kappa shape index (κ1) is 15.2. The summed E-state index contributed by atoms with van der Waals surface area (Å²) in [5, 5.41) is 14.2. The molecular formula is C14H16N2O4S. The van der Waals surface area contributed by atoms with Crippen LogP contribution in [0.15, 0.2) is 15.9 Å². The van der Waals surface area contributed by atoms with Crippen LogP contribution in [0.1, 0.15) is 57.1 Å². The van der Waals surface area contributed by atoms with Crippen LogP contribution in [0, 0.1) is 6.92 Å². The summed E-state index contributed by atoms with van der Waals surface area (Å²) >= 11 is 1.45. The van der Waals surface area contributed by atoms with Crippen molar-refractivity contribution in [2.75, 3.05) is 0 Å². The first-order valence-corrected chi connectivity index (χ1v) is 7.32. The highest BCUT2D eigenvalue weighted by Crippen LogP contribution is 2.19. The maximum Gasteiger partial charge on any atom is 0.339 e. The van der Waals surface area contributed by atoms with Gasteiger partial charge in [-0.1, -0.05) is 13.8 Å². The molecule has 0 aromatic carbocycles. The van der Waals surface area contributed by atoms with Gasteiger partial charge in [-0.3, -0.25) is 4.79 Å². The van der Waals surface area contributed by atoms with E-state index in [1.807, 2.05) is 13.8 Å². The van der Waals surface area contributed by atoms with Gasteiger partial charge in [0.05, 0.1) is 11.6 Å². The summed E-state index contributed by atoms with van der Waals surface area (Å²) in [5.74, 6) is -0.346. The number of carboxylic acid groups (broad SMARTS) is 1. The molecule has 7 heteroatoms. The fourth-order valence-electron chi connectivity index (χ4n) is 1.76. The Hall–Kier alpha value is -2.15. The minimum Gasteiger partial charge on any atom is -0.478 e. The molecule has 1 amide bonds. The van der Waals surface area contributed by atoms with Crippen LogP contribution in [0.5, 0.6) is 0 Å². The second kappa shape index (κ2) is 6.09. The predicted octanol–water partition coefficient (Wildman–Crippen LogP) is 2.80. The van der Waals surface area contributed by atoms with Crippen LogP contribution >= 0.6 is 11.3 Å². The standard InChI is InChI=1S/C14H16N2O4S/c1-7(2)13-16-11(6-21-13)12(17)15-5-9-4-10(14(18)19)8(3)20-9/h4,6-7H,5H2,1-3H3,(H,15,17)(H,18,19). The Morgan fingerprint density at radius 3 is 2.71 bits per heavy atom. The number of carbonyl (C=O) groups excluding carboxylic acids is 1. The molecule has 0 aliphatic rings. The number of carbonyl (C=O) groups is 2. The minimum atomic E-state index is -1.05. The molecule has 0 atom stereocenters. The predicted molar refractivity (Wildman–Crippen MR) is 77.8 cm³/mol. The Bertz CT molecular complexity index is 672. The zero-order chi connectivity index (χ0) is 15.6. The largest absolute Gasteiger partial charge is 0.478 e. The summed E-state index contributed by atoms with van der Waals surface area (Å²) in [7, 11) is 0. The van der Waals surface area contributed by atoms with Gasteiger partial charge >= 0.3 is 5.97 Å². The Labute approximate surface area is 125 Å². The van der Waals surface area contributed by atoms with Crippen molar-refractivity contribution >= 4 is 23.2 Å². The monoisotopic (exact) mass is 308 g/mol. The van der Waals surface area contributed by atoms with Gasteiger partial charge in [-0.05, 0) is 13.0 Å². The van der Waals surface area contributed by atoms with Gasteiger partial charge in [0.25, 0.3) is 5.91 Å². The molecule has 2 rings (SSSR count). The van der Waals surface area contributed by atoms with Gasteiger partial charge in [0, 0.05) is 11.3 Å². The van der Waals surface area contributed by atoms with E-state index in [-0.39, 0.29) is 23.9 Å². The Morgan fingerprint density at radius 2 is 2.19 bits per heavy atom. The van der Waals surface area contributed by atoms with E-state index in [0.29, 0.717) is 17.2 Å². The molecule has 0 unspecified atom stereocenters. The van der Waals surface area contributed by atoms with Crippen molar-refractivity contribution in [3.8, 4) is 0 Å². The lowest BCUT2D eigenvalue weighted by molar-refractivity contribution is 0.0694. The third-order valence-corrected chi connectivity index (χ3v) is 4.02. The second-order valence-corrected chi connectivity index (χ2v) is 5.79. The van der Waals surface area contributed by atoms with E-state index in [1.54, 1.807) is 12.3 Å². The molecule has 6 nitrogen and oxygen atoms in total. The lowest BCUT2D eigenvalue weighted by Crippen LogP contribution is -2.22. The van der Waals surface area contributed by atoms with Crippen LogP contribution in [0.3, 0.4) is 0 Å². The maximum absolute atomic E-state index is 12.0. The molecule has 21 heavy (non-hydrogen) atoms. The second-order valence-electron chi connectivity index (χ2n) is 4.90. The van der Waals surface area contributed by atoms with Crippen LogP contribution in [0.4, 0.5) is 0 Å². The number of aromatic carboxylic acids is 1. The quantitative estimate of drug-likeness (QED) is 0.886. The number of nitrogens with one attached hydrogen (secondary N) is 1. The summed E-state index contributed by atoms with van der Waals surface area (Å²) in [6.07, 6.45) is 0. The van der Waals surface area contributed by atoms with E-state index in [4.69, 9.17) is 9.52 Å². The Kier molecular flexibility index (Phi) is 4.42. The van der Waals surface area contributed by atoms with Crippen LogP contribution < -0.4 is 5.32 Å². The van der Waals surface area contributed by atoms with Crippen LogP contribution in [-0.4, -0.2) is 22.0 Å². The van der Waals surface area contributed by atoms with Crippen molar-refractivity contribution < 1.29 is 19.1 Å². The maximum atomic E-state index is 12.0. The van der Waals surface area contributed by atoms with Crippen molar-refractivity contribution in [1.29, 1.82) is 0 Å². The molecular weight excluding hydrogens is 292 g/mol. The number of aromatic nitrogens is 1. The molecule has 0 aliphatic carbocycles. The number of hydrogen-bond acceptors (Lipinski definition) is 5. The first-order chi connectivity index (χ1) is 9.88. The van der Waals surface area contributed by atoms with E-state index in [1.165, 1.54) is 17.4 Å². The molecule has 2 N–H and O–H groups in total. The van der Waals surface area contributed by atoms with Crippen molar-refractivity contribution in [3.05, 3.63) is 39.2 Å². The molecule has 0 fully saturated rings. The fraction of sp³-hybridized carbons (Fsp3) is 0.357. The molecule has 112 valence electrons. The summed E-state index contributed by atoms with van der Waals surface area (Å²) in [4.78, 5) is 27.1. The summed E-state index contributed by atoms with van der Waals surface area (Å²) in [6, 6.07) is 1.42. The lowest BCUT2D eigenvalue weighted by Gasteiger charge is -2.00. The number of furan rings is 1. The lowest BCUT2D eigenvalue weighted by atomic mass is 10.2. The van der Waals surface area contributed by atoms with Crippen molar-refractivity contribution in [1.82, 2.24) is 10.3 Å². The molecule has 0 saturated heterocycles. The number of hydrogen-bond donors (Lipinski definition) is 2. The topological polar surface area (TPSA) is 92.4 Å². The molecule has 0 radical (unpaired) electrons. The van der Waals surface area contributed by atoms with Crippen molar-refractivity contribution in [3.63, 3.8) is 0 Å². The van der Waals surface area contributed by atoms with E-state index in [0.717, 1.165) is 5.01 Å². The zero-order valence-electron chi connectivity index (χ0n) is 12.0. The minimum absolute atomic E-state index is 0.106. The fourth-order valence-corrected chi connectivity index (χ4v) is 2.57. The van der Waals surface area contributed by atoms with Gasteiger partial charge < -0.3 is 14.8 Å². The number of amides is 1. The number of rotatable bonds is 5. The van der Waals surface area contributed by atoms with E-state index >= 15 is 0 Å². The van der Waals surface area contributed by atoms with Gasteiger partial charge in [0.1, 0.15) is 22.8 Å². The van der Waals surface area contributed by atoms with Crippen molar-refractivity contribution in [2.45, 2.75) is 33.2 Å². The average Bonchev–Trinajstić information content (AvgIpc) is 3.02. The molecule has 2 heterocycles. The molecule has 0 saturated carbocycles. The molecule has 0 spiro atoms. The molecule has 2 aromatic heterocycles. The van der Waals surface area contributed by atoms with Gasteiger partial charge in [-0.25, -0.2) is 9.78 Å². The average molecular weight is 308 g/mol. The van der Waals surface area contributed by atoms with Crippen molar-refractivity contribution in [2.24, 2.45) is 0 Å². The number of aryl methyl sites for hydroxylation is 1.